The summed E-state index contributed by atoms with van der Waals surface area (Å²) in [5, 5.41) is 23.4. The normalized spacial score (nSPS) is 15.1. The number of aliphatic hydroxyl groups is 1. The lowest BCUT2D eigenvalue weighted by atomic mass is 10.2. The average molecular weight is 331 g/mol. The van der Waals surface area contributed by atoms with Crippen LogP contribution in [0.2, 0.25) is 0 Å². The molecule has 2 N–H and O–H groups in total. The number of carbonyl (C=O) groups excluding carboxylic acids is 1. The van der Waals surface area contributed by atoms with Crippen LogP contribution in [0, 0.1) is 0 Å². The monoisotopic (exact) mass is 331 g/mol. The first kappa shape index (κ1) is 15.0. The third-order valence-corrected chi connectivity index (χ3v) is 4.77. The first-order valence-corrected chi connectivity index (χ1v) is 8.36. The number of nitrogens with one attached hydrogen (secondary N) is 1. The van der Waals surface area contributed by atoms with Crippen molar-refractivity contribution in [3.63, 3.8) is 0 Å². The van der Waals surface area contributed by atoms with Crippen molar-refractivity contribution in [3.8, 4) is 0 Å². The van der Waals surface area contributed by atoms with Gasteiger partial charge < -0.3 is 10.4 Å². The third kappa shape index (κ3) is 3.62. The van der Waals surface area contributed by atoms with Crippen LogP contribution >= 0.6 is 23.1 Å². The van der Waals surface area contributed by atoms with Gasteiger partial charge in [-0.1, -0.05) is 36.0 Å². The van der Waals surface area contributed by atoms with Crippen LogP contribution in [0.4, 0.5) is 5.69 Å². The second-order valence-electron chi connectivity index (χ2n) is 4.52. The summed E-state index contributed by atoms with van der Waals surface area (Å²) in [6.07, 6.45) is 0.543. The number of nitrogens with zero attached hydrogens (tertiary/aromatic N) is 2. The number of carbonyl (C=O) groups is 1. The lowest BCUT2D eigenvalue weighted by molar-refractivity contribution is -0.120. The molecule has 0 spiro atoms. The van der Waals surface area contributed by atoms with Crippen molar-refractivity contribution in [3.05, 3.63) is 52.7 Å². The Hall–Kier alpha value is -1.96. The Morgan fingerprint density at radius 3 is 2.77 bits per heavy atom. The molecule has 0 bridgehead atoms. The largest absolute Gasteiger partial charge is 0.373 e. The minimum absolute atomic E-state index is 0.469. The zero-order chi connectivity index (χ0) is 15.4. The predicted molar refractivity (Wildman–Crippen MR) is 91.6 cm³/mol. The van der Waals surface area contributed by atoms with E-state index in [1.54, 1.807) is 23.5 Å². The maximum Gasteiger partial charge on any atom is 0.264 e. The van der Waals surface area contributed by atoms with Gasteiger partial charge in [-0.25, -0.2) is 0 Å². The molecule has 1 aromatic heterocycles. The van der Waals surface area contributed by atoms with Gasteiger partial charge in [-0.15, -0.1) is 16.4 Å². The molecule has 0 saturated heterocycles. The third-order valence-electron chi connectivity index (χ3n) is 2.92. The number of thiophene rings is 1. The lowest BCUT2D eigenvalue weighted by Gasteiger charge is -2.10. The smallest absolute Gasteiger partial charge is 0.264 e. The van der Waals surface area contributed by atoms with E-state index in [9.17, 15) is 9.90 Å². The highest BCUT2D eigenvalue weighted by molar-refractivity contribution is 8.14. The molecule has 1 aromatic carbocycles. The molecule has 7 heteroatoms. The van der Waals surface area contributed by atoms with Crippen LogP contribution < -0.4 is 5.32 Å². The molecule has 2 aromatic rings. The molecule has 112 valence electrons. The number of aliphatic hydroxyl groups excluding tert-OH is 1. The van der Waals surface area contributed by atoms with Crippen LogP contribution in [0.15, 0.2) is 58.0 Å². The van der Waals surface area contributed by atoms with Gasteiger partial charge in [0.15, 0.2) is 5.44 Å². The van der Waals surface area contributed by atoms with Gasteiger partial charge in [0.05, 0.1) is 10.6 Å². The molecule has 5 nitrogen and oxygen atoms in total. The van der Waals surface area contributed by atoms with Crippen molar-refractivity contribution in [2.75, 3.05) is 5.32 Å². The number of hydrogen-bond acceptors (Lipinski definition) is 6. The SMILES string of the molecule is O=C(Nc1ccccc1)C(O)SC1=NN=C(c2cccs2)C1. The van der Waals surface area contributed by atoms with Gasteiger partial charge in [0.1, 0.15) is 5.04 Å². The number of rotatable bonds is 4. The van der Waals surface area contributed by atoms with E-state index in [4.69, 9.17) is 0 Å². The Morgan fingerprint density at radius 2 is 2.05 bits per heavy atom. The van der Waals surface area contributed by atoms with E-state index in [1.165, 1.54) is 0 Å². The Kier molecular flexibility index (Phi) is 4.67. The lowest BCUT2D eigenvalue weighted by Crippen LogP contribution is -2.26. The minimum Gasteiger partial charge on any atom is -0.373 e. The van der Waals surface area contributed by atoms with E-state index in [2.05, 4.69) is 15.5 Å². The molecular formula is C15H13N3O2S2. The zero-order valence-corrected chi connectivity index (χ0v) is 13.1. The van der Waals surface area contributed by atoms with Gasteiger partial charge in [0.2, 0.25) is 0 Å². The van der Waals surface area contributed by atoms with Crippen LogP contribution in [0.1, 0.15) is 11.3 Å². The van der Waals surface area contributed by atoms with Crippen molar-refractivity contribution < 1.29 is 9.90 Å². The highest BCUT2D eigenvalue weighted by Crippen LogP contribution is 2.24. The van der Waals surface area contributed by atoms with Crippen LogP contribution in [0.3, 0.4) is 0 Å². The first-order chi connectivity index (χ1) is 10.7. The number of hydrogen-bond donors (Lipinski definition) is 2. The standard InChI is InChI=1S/C15H13N3O2S2/c19-14(16-10-5-2-1-3-6-10)15(20)22-13-9-11(17-18-13)12-7-4-8-21-12/h1-8,15,20H,9H2,(H,16,19). The highest BCUT2D eigenvalue weighted by Gasteiger charge is 2.23. The fraction of sp³-hybridized carbons (Fsp3) is 0.133. The van der Waals surface area contributed by atoms with Gasteiger partial charge in [-0.2, -0.15) is 5.10 Å². The quantitative estimate of drug-likeness (QED) is 0.846. The maximum absolute atomic E-state index is 11.9. The molecular weight excluding hydrogens is 318 g/mol. The minimum atomic E-state index is -1.21. The summed E-state index contributed by atoms with van der Waals surface area (Å²) in [5.74, 6) is -0.469. The zero-order valence-electron chi connectivity index (χ0n) is 11.5. The van der Waals surface area contributed by atoms with Crippen molar-refractivity contribution >= 4 is 45.4 Å². The second kappa shape index (κ2) is 6.87. The number of benzene rings is 1. The molecule has 1 amide bonds. The van der Waals surface area contributed by atoms with Crippen molar-refractivity contribution in [1.82, 2.24) is 0 Å². The molecule has 1 unspecified atom stereocenters. The van der Waals surface area contributed by atoms with Crippen LogP contribution in [0.5, 0.6) is 0 Å². The van der Waals surface area contributed by atoms with Gasteiger partial charge in [-0.05, 0) is 23.6 Å². The van der Waals surface area contributed by atoms with Crippen molar-refractivity contribution in [2.24, 2.45) is 10.2 Å². The van der Waals surface area contributed by atoms with Crippen LogP contribution in [-0.4, -0.2) is 27.2 Å². The predicted octanol–water partition coefficient (Wildman–Crippen LogP) is 2.94. The Labute approximate surface area is 135 Å². The molecule has 1 aliphatic heterocycles. The second-order valence-corrected chi connectivity index (χ2v) is 6.62. The number of thioether (sulfide) groups is 1. The molecule has 1 aliphatic rings. The maximum atomic E-state index is 11.9. The molecule has 0 aliphatic carbocycles. The number of amides is 1. The van der Waals surface area contributed by atoms with Crippen molar-refractivity contribution in [1.29, 1.82) is 0 Å². The molecule has 3 rings (SSSR count). The van der Waals surface area contributed by atoms with E-state index in [0.29, 0.717) is 17.2 Å². The summed E-state index contributed by atoms with van der Waals surface area (Å²) in [6, 6.07) is 13.0. The number of para-hydroxylation sites is 1. The van der Waals surface area contributed by atoms with E-state index in [0.717, 1.165) is 22.4 Å². The summed E-state index contributed by atoms with van der Waals surface area (Å²) >= 11 is 2.61. The summed E-state index contributed by atoms with van der Waals surface area (Å²) in [6.45, 7) is 0. The highest BCUT2D eigenvalue weighted by atomic mass is 32.2. The molecule has 0 saturated carbocycles. The molecule has 22 heavy (non-hydrogen) atoms. The van der Waals surface area contributed by atoms with Crippen LogP contribution in [0.25, 0.3) is 0 Å². The van der Waals surface area contributed by atoms with E-state index < -0.39 is 11.3 Å². The van der Waals surface area contributed by atoms with Gasteiger partial charge in [-0.3, -0.25) is 4.79 Å². The summed E-state index contributed by atoms with van der Waals surface area (Å²) in [7, 11) is 0. The fourth-order valence-corrected chi connectivity index (χ4v) is 3.32. The average Bonchev–Trinajstić information content (AvgIpc) is 3.19. The molecule has 2 heterocycles. The van der Waals surface area contributed by atoms with Gasteiger partial charge >= 0.3 is 0 Å². The number of anilines is 1. The summed E-state index contributed by atoms with van der Waals surface area (Å²) < 4.78 is 0. The van der Waals surface area contributed by atoms with E-state index in [1.807, 2.05) is 35.7 Å². The van der Waals surface area contributed by atoms with E-state index >= 15 is 0 Å². The Morgan fingerprint density at radius 1 is 1.23 bits per heavy atom. The molecule has 1 atom stereocenters. The Balaban J connectivity index is 1.53. The van der Waals surface area contributed by atoms with Crippen LogP contribution in [-0.2, 0) is 4.79 Å². The Bertz CT molecular complexity index is 712. The fourth-order valence-electron chi connectivity index (χ4n) is 1.88. The topological polar surface area (TPSA) is 74.0 Å². The summed E-state index contributed by atoms with van der Waals surface area (Å²) in [5.41, 5.74) is 0.307. The summed E-state index contributed by atoms with van der Waals surface area (Å²) in [4.78, 5) is 13.0. The van der Waals surface area contributed by atoms with Crippen molar-refractivity contribution in [2.45, 2.75) is 11.9 Å². The van der Waals surface area contributed by atoms with Gasteiger partial charge in [0.25, 0.3) is 5.91 Å². The first-order valence-electron chi connectivity index (χ1n) is 6.60. The van der Waals surface area contributed by atoms with Gasteiger partial charge in [0, 0.05) is 12.1 Å². The molecule has 0 fully saturated rings. The van der Waals surface area contributed by atoms with E-state index in [-0.39, 0.29) is 0 Å². The molecule has 0 radical (unpaired) electrons.